The highest BCUT2D eigenvalue weighted by Gasteiger charge is 2.13. The van der Waals surface area contributed by atoms with Crippen LogP contribution in [0.25, 0.3) is 22.4 Å². The lowest BCUT2D eigenvalue weighted by Crippen LogP contribution is -1.99. The number of para-hydroxylation sites is 1. The number of hydrogen-bond donors (Lipinski definition) is 2. The molecule has 3 aromatic rings. The van der Waals surface area contributed by atoms with Gasteiger partial charge in [-0.3, -0.25) is 4.79 Å². The number of phenols is 1. The fourth-order valence-corrected chi connectivity index (χ4v) is 2.23. The number of rotatable bonds is 3. The summed E-state index contributed by atoms with van der Waals surface area (Å²) in [6.45, 7) is 0. The lowest BCUT2D eigenvalue weighted by molar-refractivity contribution is 0.112. The number of benzene rings is 2. The van der Waals surface area contributed by atoms with E-state index in [9.17, 15) is 9.90 Å². The molecule has 1 heterocycles. The van der Waals surface area contributed by atoms with Crippen molar-refractivity contribution in [1.29, 1.82) is 0 Å². The fraction of sp³-hybridized carbons (Fsp3) is 0. The summed E-state index contributed by atoms with van der Waals surface area (Å²) in [6.07, 6.45) is 2.40. The van der Waals surface area contributed by atoms with Gasteiger partial charge in [0.2, 0.25) is 5.95 Å². The second kappa shape index (κ2) is 5.65. The number of nitrogen functional groups attached to an aromatic ring is 1. The lowest BCUT2D eigenvalue weighted by atomic mass is 9.99. The van der Waals surface area contributed by atoms with E-state index in [4.69, 9.17) is 5.73 Å². The minimum atomic E-state index is 0.117. The van der Waals surface area contributed by atoms with Crippen molar-refractivity contribution in [1.82, 2.24) is 9.97 Å². The highest BCUT2D eigenvalue weighted by molar-refractivity contribution is 5.84. The van der Waals surface area contributed by atoms with E-state index in [0.29, 0.717) is 16.8 Å². The van der Waals surface area contributed by atoms with Gasteiger partial charge in [0.05, 0.1) is 5.69 Å². The normalized spacial score (nSPS) is 10.4. The van der Waals surface area contributed by atoms with Crippen LogP contribution in [-0.4, -0.2) is 21.4 Å². The monoisotopic (exact) mass is 291 g/mol. The van der Waals surface area contributed by atoms with Crippen molar-refractivity contribution in [2.24, 2.45) is 0 Å². The summed E-state index contributed by atoms with van der Waals surface area (Å²) >= 11 is 0. The number of nitrogens with two attached hydrogens (primary N) is 1. The van der Waals surface area contributed by atoms with Crippen LogP contribution in [0, 0.1) is 0 Å². The number of carbonyl (C=O) groups excluding carboxylic acids is 1. The number of aldehydes is 1. The molecule has 22 heavy (non-hydrogen) atoms. The van der Waals surface area contributed by atoms with E-state index in [0.717, 1.165) is 17.4 Å². The van der Waals surface area contributed by atoms with Gasteiger partial charge in [-0.15, -0.1) is 0 Å². The molecule has 0 amide bonds. The summed E-state index contributed by atoms with van der Waals surface area (Å²) in [6, 6.07) is 14.0. The van der Waals surface area contributed by atoms with Crippen LogP contribution in [0.1, 0.15) is 10.4 Å². The third-order valence-electron chi connectivity index (χ3n) is 3.32. The number of anilines is 1. The first-order valence-electron chi connectivity index (χ1n) is 6.65. The van der Waals surface area contributed by atoms with Crippen LogP contribution in [-0.2, 0) is 0 Å². The van der Waals surface area contributed by atoms with Crippen LogP contribution < -0.4 is 5.73 Å². The zero-order valence-electron chi connectivity index (χ0n) is 11.6. The third-order valence-corrected chi connectivity index (χ3v) is 3.32. The summed E-state index contributed by atoms with van der Waals surface area (Å²) < 4.78 is 0. The van der Waals surface area contributed by atoms with Crippen LogP contribution in [0.15, 0.2) is 54.7 Å². The van der Waals surface area contributed by atoms with Gasteiger partial charge in [0.1, 0.15) is 12.0 Å². The number of nitrogens with zero attached hydrogens (tertiary/aromatic N) is 2. The van der Waals surface area contributed by atoms with Gasteiger partial charge in [0, 0.05) is 22.9 Å². The van der Waals surface area contributed by atoms with Gasteiger partial charge in [-0.05, 0) is 17.7 Å². The Kier molecular flexibility index (Phi) is 3.53. The molecule has 0 bridgehead atoms. The molecule has 0 atom stereocenters. The SMILES string of the molecule is Nc1ncc(-c2ccc(C=O)cc2)c(-c2ccccc2O)n1. The molecule has 3 N–H and O–H groups in total. The van der Waals surface area contributed by atoms with E-state index in [1.54, 1.807) is 36.5 Å². The average molecular weight is 291 g/mol. The number of hydrogen-bond acceptors (Lipinski definition) is 5. The minimum absolute atomic E-state index is 0.117. The molecule has 0 aliphatic carbocycles. The predicted octanol–water partition coefficient (Wildman–Crippen LogP) is 2.91. The van der Waals surface area contributed by atoms with E-state index in [1.165, 1.54) is 0 Å². The molecule has 108 valence electrons. The Hall–Kier alpha value is -3.21. The second-order valence-corrected chi connectivity index (χ2v) is 4.75. The molecule has 1 aromatic heterocycles. The maximum Gasteiger partial charge on any atom is 0.220 e. The van der Waals surface area contributed by atoms with Crippen molar-refractivity contribution >= 4 is 12.2 Å². The quantitative estimate of drug-likeness (QED) is 0.724. The highest BCUT2D eigenvalue weighted by Crippen LogP contribution is 2.35. The summed E-state index contributed by atoms with van der Waals surface area (Å²) in [4.78, 5) is 19.0. The fourth-order valence-electron chi connectivity index (χ4n) is 2.23. The molecule has 0 saturated heterocycles. The Morgan fingerprint density at radius 2 is 1.73 bits per heavy atom. The van der Waals surface area contributed by atoms with E-state index in [1.807, 2.05) is 18.2 Å². The molecule has 0 radical (unpaired) electrons. The summed E-state index contributed by atoms with van der Waals surface area (Å²) in [5.41, 5.74) is 8.96. The van der Waals surface area contributed by atoms with E-state index < -0.39 is 0 Å². The molecule has 0 spiro atoms. The topological polar surface area (TPSA) is 89.1 Å². The Labute approximate surface area is 127 Å². The van der Waals surface area contributed by atoms with Gasteiger partial charge in [0.15, 0.2) is 0 Å². The largest absolute Gasteiger partial charge is 0.507 e. The van der Waals surface area contributed by atoms with Crippen molar-refractivity contribution < 1.29 is 9.90 Å². The number of aromatic nitrogens is 2. The van der Waals surface area contributed by atoms with Gasteiger partial charge in [-0.1, -0.05) is 36.4 Å². The van der Waals surface area contributed by atoms with Crippen LogP contribution >= 0.6 is 0 Å². The maximum absolute atomic E-state index is 10.8. The van der Waals surface area contributed by atoms with Gasteiger partial charge in [-0.2, -0.15) is 0 Å². The molecule has 0 aliphatic heterocycles. The van der Waals surface area contributed by atoms with Crippen molar-refractivity contribution in [3.05, 3.63) is 60.3 Å². The van der Waals surface area contributed by atoms with E-state index >= 15 is 0 Å². The molecule has 3 rings (SSSR count). The minimum Gasteiger partial charge on any atom is -0.507 e. The van der Waals surface area contributed by atoms with Gasteiger partial charge in [0.25, 0.3) is 0 Å². The maximum atomic E-state index is 10.8. The molecular weight excluding hydrogens is 278 g/mol. The first kappa shape index (κ1) is 13.8. The molecule has 0 saturated carbocycles. The van der Waals surface area contributed by atoms with Crippen LogP contribution in [0.5, 0.6) is 5.75 Å². The van der Waals surface area contributed by atoms with E-state index in [2.05, 4.69) is 9.97 Å². The smallest absolute Gasteiger partial charge is 0.220 e. The van der Waals surface area contributed by atoms with Gasteiger partial charge < -0.3 is 10.8 Å². The molecule has 0 fully saturated rings. The molecule has 5 nitrogen and oxygen atoms in total. The summed E-state index contributed by atoms with van der Waals surface area (Å²) in [5, 5.41) is 10.1. The summed E-state index contributed by atoms with van der Waals surface area (Å²) in [7, 11) is 0. The second-order valence-electron chi connectivity index (χ2n) is 4.75. The van der Waals surface area contributed by atoms with Crippen LogP contribution in [0.3, 0.4) is 0 Å². The number of phenolic OH excluding ortho intramolecular Hbond substituents is 1. The Morgan fingerprint density at radius 1 is 1.00 bits per heavy atom. The molecule has 0 aliphatic rings. The molecular formula is C17H13N3O2. The first-order chi connectivity index (χ1) is 10.7. The Morgan fingerprint density at radius 3 is 2.41 bits per heavy atom. The Bertz CT molecular complexity index is 830. The Balaban J connectivity index is 2.20. The standard InChI is InChI=1S/C17H13N3O2/c18-17-19-9-14(12-7-5-11(10-21)6-8-12)16(20-17)13-3-1-2-4-15(13)22/h1-10,22H,(H2,18,19,20). The third kappa shape index (κ3) is 2.52. The van der Waals surface area contributed by atoms with Gasteiger partial charge in [-0.25, -0.2) is 9.97 Å². The van der Waals surface area contributed by atoms with E-state index in [-0.39, 0.29) is 11.7 Å². The molecule has 2 aromatic carbocycles. The van der Waals surface area contributed by atoms with Crippen LogP contribution in [0.2, 0.25) is 0 Å². The zero-order chi connectivity index (χ0) is 15.5. The zero-order valence-corrected chi connectivity index (χ0v) is 11.6. The number of carbonyl (C=O) groups is 1. The highest BCUT2D eigenvalue weighted by atomic mass is 16.3. The lowest BCUT2D eigenvalue weighted by Gasteiger charge is -2.11. The average Bonchev–Trinajstić information content (AvgIpc) is 2.55. The van der Waals surface area contributed by atoms with Crippen molar-refractivity contribution in [2.75, 3.05) is 5.73 Å². The van der Waals surface area contributed by atoms with Crippen molar-refractivity contribution in [2.45, 2.75) is 0 Å². The van der Waals surface area contributed by atoms with Gasteiger partial charge >= 0.3 is 0 Å². The van der Waals surface area contributed by atoms with Crippen molar-refractivity contribution in [3.8, 4) is 28.1 Å². The first-order valence-corrected chi connectivity index (χ1v) is 6.65. The predicted molar refractivity (Wildman–Crippen MR) is 84.4 cm³/mol. The number of aromatic hydroxyl groups is 1. The molecule has 5 heteroatoms. The summed E-state index contributed by atoms with van der Waals surface area (Å²) in [5.74, 6) is 0.248. The van der Waals surface area contributed by atoms with Crippen LogP contribution in [0.4, 0.5) is 5.95 Å². The molecule has 0 unspecified atom stereocenters. The van der Waals surface area contributed by atoms with Crippen molar-refractivity contribution in [3.63, 3.8) is 0 Å².